The van der Waals surface area contributed by atoms with Gasteiger partial charge in [-0.25, -0.2) is 4.98 Å². The van der Waals surface area contributed by atoms with Crippen LogP contribution in [0.5, 0.6) is 0 Å². The molecular formula is C12H20N2S. The fourth-order valence-electron chi connectivity index (χ4n) is 2.07. The van der Waals surface area contributed by atoms with Crippen LogP contribution in [0.2, 0.25) is 0 Å². The lowest BCUT2D eigenvalue weighted by molar-refractivity contribution is 0.429. The van der Waals surface area contributed by atoms with Crippen LogP contribution >= 0.6 is 11.5 Å². The number of rotatable bonds is 1. The van der Waals surface area contributed by atoms with Crippen LogP contribution in [0.4, 0.5) is 0 Å². The fraction of sp³-hybridized carbons (Fsp3) is 0.833. The standard InChI is InChI=1S/C12H20N2S/c1-12(2,3)11-13-10(14-15-11)9-7-5-4-6-8-9/h9H,4-8H2,1-3H3. The molecule has 0 aromatic carbocycles. The zero-order valence-corrected chi connectivity index (χ0v) is 10.7. The van der Waals surface area contributed by atoms with Crippen LogP contribution in [0.25, 0.3) is 0 Å². The molecule has 0 amide bonds. The van der Waals surface area contributed by atoms with E-state index in [1.54, 1.807) is 11.5 Å². The zero-order chi connectivity index (χ0) is 10.9. The molecule has 0 radical (unpaired) electrons. The zero-order valence-electron chi connectivity index (χ0n) is 9.92. The Morgan fingerprint density at radius 2 is 1.80 bits per heavy atom. The maximum atomic E-state index is 4.71. The molecule has 1 aromatic rings. The van der Waals surface area contributed by atoms with E-state index < -0.39 is 0 Å². The Hall–Kier alpha value is -0.440. The van der Waals surface area contributed by atoms with Gasteiger partial charge in [0.2, 0.25) is 0 Å². The van der Waals surface area contributed by atoms with Crippen molar-refractivity contribution in [2.45, 2.75) is 64.2 Å². The first-order valence-electron chi connectivity index (χ1n) is 5.91. The van der Waals surface area contributed by atoms with Crippen molar-refractivity contribution in [2.75, 3.05) is 0 Å². The molecular weight excluding hydrogens is 204 g/mol. The highest BCUT2D eigenvalue weighted by Crippen LogP contribution is 2.33. The van der Waals surface area contributed by atoms with E-state index in [1.807, 2.05) is 0 Å². The molecule has 0 N–H and O–H groups in total. The molecule has 1 aliphatic carbocycles. The Labute approximate surface area is 96.3 Å². The number of hydrogen-bond donors (Lipinski definition) is 0. The molecule has 0 unspecified atom stereocenters. The van der Waals surface area contributed by atoms with Crippen LogP contribution in [-0.4, -0.2) is 9.36 Å². The van der Waals surface area contributed by atoms with Gasteiger partial charge in [-0.2, -0.15) is 4.37 Å². The molecule has 0 spiro atoms. The number of aromatic nitrogens is 2. The molecule has 0 bridgehead atoms. The van der Waals surface area contributed by atoms with Gasteiger partial charge >= 0.3 is 0 Å². The number of hydrogen-bond acceptors (Lipinski definition) is 3. The van der Waals surface area contributed by atoms with Gasteiger partial charge in [0.15, 0.2) is 0 Å². The summed E-state index contributed by atoms with van der Waals surface area (Å²) in [6.45, 7) is 6.62. The van der Waals surface area contributed by atoms with E-state index >= 15 is 0 Å². The molecule has 0 saturated heterocycles. The van der Waals surface area contributed by atoms with E-state index in [1.165, 1.54) is 37.1 Å². The highest BCUT2D eigenvalue weighted by Gasteiger charge is 2.24. The summed E-state index contributed by atoms with van der Waals surface area (Å²) < 4.78 is 4.54. The van der Waals surface area contributed by atoms with Gasteiger partial charge in [-0.05, 0) is 24.4 Å². The fourth-order valence-corrected chi connectivity index (χ4v) is 2.84. The molecule has 84 valence electrons. The van der Waals surface area contributed by atoms with Crippen LogP contribution in [0.3, 0.4) is 0 Å². The smallest absolute Gasteiger partial charge is 0.145 e. The van der Waals surface area contributed by atoms with Crippen molar-refractivity contribution in [3.63, 3.8) is 0 Å². The lowest BCUT2D eigenvalue weighted by atomic mass is 9.89. The molecule has 3 heteroatoms. The second-order valence-corrected chi connectivity index (χ2v) is 6.29. The van der Waals surface area contributed by atoms with Crippen molar-refractivity contribution in [1.29, 1.82) is 0 Å². The van der Waals surface area contributed by atoms with Crippen molar-refractivity contribution in [1.82, 2.24) is 9.36 Å². The third kappa shape index (κ3) is 2.57. The van der Waals surface area contributed by atoms with Gasteiger partial charge in [0.1, 0.15) is 10.8 Å². The predicted octanol–water partition coefficient (Wildman–Crippen LogP) is 3.88. The van der Waals surface area contributed by atoms with Crippen molar-refractivity contribution >= 4 is 11.5 Å². The average Bonchev–Trinajstić information content (AvgIpc) is 2.67. The van der Waals surface area contributed by atoms with Crippen molar-refractivity contribution < 1.29 is 0 Å². The molecule has 0 atom stereocenters. The minimum Gasteiger partial charge on any atom is -0.224 e. The van der Waals surface area contributed by atoms with E-state index in [0.717, 1.165) is 5.82 Å². The highest BCUT2D eigenvalue weighted by atomic mass is 32.1. The quantitative estimate of drug-likeness (QED) is 0.723. The second kappa shape index (κ2) is 4.20. The Kier molecular flexibility index (Phi) is 3.10. The molecule has 1 heterocycles. The average molecular weight is 224 g/mol. The summed E-state index contributed by atoms with van der Waals surface area (Å²) in [5.74, 6) is 1.76. The molecule has 0 aliphatic heterocycles. The monoisotopic (exact) mass is 224 g/mol. The largest absolute Gasteiger partial charge is 0.224 e. The van der Waals surface area contributed by atoms with Gasteiger partial charge < -0.3 is 0 Å². The SMILES string of the molecule is CC(C)(C)c1nc(C2CCCCC2)ns1. The third-order valence-electron chi connectivity index (χ3n) is 3.05. The summed E-state index contributed by atoms with van der Waals surface area (Å²) in [5.41, 5.74) is 0.157. The van der Waals surface area contributed by atoms with E-state index in [9.17, 15) is 0 Å². The summed E-state index contributed by atoms with van der Waals surface area (Å²) in [4.78, 5) is 4.71. The molecule has 1 aromatic heterocycles. The normalized spacial score (nSPS) is 19.4. The van der Waals surface area contributed by atoms with E-state index in [2.05, 4.69) is 25.1 Å². The predicted molar refractivity (Wildman–Crippen MR) is 64.4 cm³/mol. The van der Waals surface area contributed by atoms with E-state index in [4.69, 9.17) is 4.98 Å². The Morgan fingerprint density at radius 1 is 1.13 bits per heavy atom. The van der Waals surface area contributed by atoms with Gasteiger partial charge in [0.05, 0.1) is 0 Å². The summed E-state index contributed by atoms with van der Waals surface area (Å²) in [7, 11) is 0. The second-order valence-electron chi connectivity index (χ2n) is 5.54. The number of nitrogens with zero attached hydrogens (tertiary/aromatic N) is 2. The Balaban J connectivity index is 2.12. The first-order chi connectivity index (χ1) is 7.07. The van der Waals surface area contributed by atoms with Crippen molar-refractivity contribution in [2.24, 2.45) is 0 Å². The minimum absolute atomic E-state index is 0.157. The molecule has 15 heavy (non-hydrogen) atoms. The molecule has 1 aliphatic rings. The third-order valence-corrected chi connectivity index (χ3v) is 4.21. The molecule has 1 fully saturated rings. The van der Waals surface area contributed by atoms with Gasteiger partial charge in [-0.3, -0.25) is 0 Å². The first-order valence-corrected chi connectivity index (χ1v) is 6.69. The summed E-state index contributed by atoms with van der Waals surface area (Å²) in [6.07, 6.45) is 6.69. The van der Waals surface area contributed by atoms with Crippen LogP contribution in [-0.2, 0) is 5.41 Å². The van der Waals surface area contributed by atoms with Crippen molar-refractivity contribution in [3.8, 4) is 0 Å². The van der Waals surface area contributed by atoms with E-state index in [-0.39, 0.29) is 5.41 Å². The molecule has 2 rings (SSSR count). The summed E-state index contributed by atoms with van der Waals surface area (Å²) in [6, 6.07) is 0. The minimum atomic E-state index is 0.157. The topological polar surface area (TPSA) is 25.8 Å². The van der Waals surface area contributed by atoms with Crippen molar-refractivity contribution in [3.05, 3.63) is 10.8 Å². The summed E-state index contributed by atoms with van der Waals surface area (Å²) >= 11 is 1.59. The Bertz CT molecular complexity index is 319. The van der Waals surface area contributed by atoms with Crippen LogP contribution in [0.1, 0.15) is 69.6 Å². The maximum absolute atomic E-state index is 4.71. The lowest BCUT2D eigenvalue weighted by Crippen LogP contribution is -2.12. The van der Waals surface area contributed by atoms with Crippen LogP contribution in [0, 0.1) is 0 Å². The summed E-state index contributed by atoms with van der Waals surface area (Å²) in [5, 5.41) is 1.18. The van der Waals surface area contributed by atoms with Gasteiger partial charge in [0, 0.05) is 11.3 Å². The van der Waals surface area contributed by atoms with Gasteiger partial charge in [-0.1, -0.05) is 40.0 Å². The molecule has 1 saturated carbocycles. The van der Waals surface area contributed by atoms with E-state index in [0.29, 0.717) is 5.92 Å². The lowest BCUT2D eigenvalue weighted by Gasteiger charge is -2.18. The first kappa shape index (κ1) is 11.1. The van der Waals surface area contributed by atoms with Gasteiger partial charge in [-0.15, -0.1) is 0 Å². The maximum Gasteiger partial charge on any atom is 0.145 e. The molecule has 2 nitrogen and oxygen atoms in total. The van der Waals surface area contributed by atoms with Gasteiger partial charge in [0.25, 0.3) is 0 Å². The highest BCUT2D eigenvalue weighted by molar-refractivity contribution is 7.05. The Morgan fingerprint density at radius 3 is 2.33 bits per heavy atom. The van der Waals surface area contributed by atoms with Crippen LogP contribution < -0.4 is 0 Å². The van der Waals surface area contributed by atoms with Crippen LogP contribution in [0.15, 0.2) is 0 Å².